The van der Waals surface area contributed by atoms with Crippen molar-refractivity contribution in [3.8, 4) is 0 Å². The van der Waals surface area contributed by atoms with Crippen LogP contribution in [0.2, 0.25) is 0 Å². The molecule has 2 rings (SSSR count). The summed E-state index contributed by atoms with van der Waals surface area (Å²) in [6, 6.07) is 10.3. The van der Waals surface area contributed by atoms with E-state index < -0.39 is 0 Å². The van der Waals surface area contributed by atoms with Crippen molar-refractivity contribution in [2.24, 2.45) is 10.8 Å². The first-order valence-corrected chi connectivity index (χ1v) is 6.52. The third kappa shape index (κ3) is 2.73. The van der Waals surface area contributed by atoms with E-state index in [4.69, 9.17) is 5.84 Å². The maximum atomic E-state index is 6.48. The third-order valence-corrected chi connectivity index (χ3v) is 3.38. The molecule has 92 valence electrons. The fourth-order valence-corrected chi connectivity index (χ4v) is 2.38. The van der Waals surface area contributed by atoms with E-state index in [0.29, 0.717) is 4.59 Å². The Balaban J connectivity index is 2.11. The van der Waals surface area contributed by atoms with Gasteiger partial charge in [0.15, 0.2) is 0 Å². The van der Waals surface area contributed by atoms with Gasteiger partial charge in [-0.05, 0) is 25.0 Å². The quantitative estimate of drug-likeness (QED) is 0.472. The Morgan fingerprint density at radius 3 is 2.71 bits per heavy atom. The Bertz CT molecular complexity index is 386. The Labute approximate surface area is 104 Å². The van der Waals surface area contributed by atoms with E-state index in [2.05, 4.69) is 24.0 Å². The van der Waals surface area contributed by atoms with E-state index in [0.717, 1.165) is 25.5 Å². The number of hydrogen-bond acceptors (Lipinski definition) is 2. The molecule has 0 saturated heterocycles. The normalized spacial score (nSPS) is 23.8. The van der Waals surface area contributed by atoms with Crippen LogP contribution >= 0.6 is 0 Å². The molecular formula is C14H22N3+. The molecule has 1 aromatic rings. The van der Waals surface area contributed by atoms with Gasteiger partial charge in [0.2, 0.25) is 5.84 Å². The summed E-state index contributed by atoms with van der Waals surface area (Å²) in [6.45, 7) is 5.01. The number of unbranched alkanes of at least 4 members (excludes halogenated alkanes) is 2. The maximum absolute atomic E-state index is 6.48. The fourth-order valence-electron chi connectivity index (χ4n) is 2.38. The lowest BCUT2D eigenvalue weighted by atomic mass is 10.1. The maximum Gasteiger partial charge on any atom is 0.249 e. The summed E-state index contributed by atoms with van der Waals surface area (Å²) in [6.07, 6.45) is 3.66. The van der Waals surface area contributed by atoms with Crippen molar-refractivity contribution in [1.82, 2.24) is 0 Å². The average Bonchev–Trinajstić information content (AvgIpc) is 2.73. The molecule has 0 fully saturated rings. The van der Waals surface area contributed by atoms with Gasteiger partial charge < -0.3 is 0 Å². The van der Waals surface area contributed by atoms with Crippen LogP contribution in [0.5, 0.6) is 0 Å². The lowest BCUT2D eigenvalue weighted by Gasteiger charge is -2.28. The van der Waals surface area contributed by atoms with E-state index in [1.54, 1.807) is 0 Å². The number of hydrogen-bond donors (Lipinski definition) is 1. The number of aliphatic imine (C=N–C) groups is 1. The van der Waals surface area contributed by atoms with Crippen LogP contribution in [0.15, 0.2) is 35.3 Å². The van der Waals surface area contributed by atoms with Gasteiger partial charge in [0.1, 0.15) is 13.1 Å². The molecule has 1 aromatic carbocycles. The monoisotopic (exact) mass is 232 g/mol. The van der Waals surface area contributed by atoms with Gasteiger partial charge in [0.05, 0.1) is 12.1 Å². The molecule has 1 heterocycles. The van der Waals surface area contributed by atoms with Gasteiger partial charge in [-0.3, -0.25) is 0 Å². The standard InChI is InChI=1S/C14H22N3/c1-2-3-7-11-17(15)12-10-16-14(17)13-8-5-4-6-9-13/h4-6,8-9H,2-3,7,10-12,15H2,1H3/q+1. The minimum absolute atomic E-state index is 0.518. The number of amidine groups is 1. The van der Waals surface area contributed by atoms with Crippen LogP contribution in [0.3, 0.4) is 0 Å². The zero-order valence-electron chi connectivity index (χ0n) is 10.6. The number of benzene rings is 1. The van der Waals surface area contributed by atoms with Gasteiger partial charge in [-0.2, -0.15) is 10.4 Å². The van der Waals surface area contributed by atoms with Crippen molar-refractivity contribution in [1.29, 1.82) is 0 Å². The summed E-state index contributed by atoms with van der Waals surface area (Å²) < 4.78 is 0.518. The van der Waals surface area contributed by atoms with Gasteiger partial charge in [-0.15, -0.1) is 0 Å². The van der Waals surface area contributed by atoms with Crippen LogP contribution in [-0.2, 0) is 0 Å². The molecule has 17 heavy (non-hydrogen) atoms. The minimum Gasteiger partial charge on any atom is -0.226 e. The highest BCUT2D eigenvalue weighted by molar-refractivity contribution is 5.94. The molecule has 1 aliphatic heterocycles. The van der Waals surface area contributed by atoms with Gasteiger partial charge >= 0.3 is 0 Å². The van der Waals surface area contributed by atoms with E-state index in [1.807, 2.05) is 18.2 Å². The average molecular weight is 232 g/mol. The number of quaternary nitrogens is 1. The van der Waals surface area contributed by atoms with Crippen molar-refractivity contribution in [3.05, 3.63) is 35.9 Å². The van der Waals surface area contributed by atoms with E-state index in [-0.39, 0.29) is 0 Å². The van der Waals surface area contributed by atoms with Gasteiger partial charge in [0.25, 0.3) is 0 Å². The number of nitrogens with two attached hydrogens (primary N) is 1. The molecule has 0 bridgehead atoms. The van der Waals surface area contributed by atoms with Gasteiger partial charge in [-0.1, -0.05) is 31.5 Å². The molecule has 0 saturated carbocycles. The smallest absolute Gasteiger partial charge is 0.226 e. The summed E-state index contributed by atoms with van der Waals surface area (Å²) >= 11 is 0. The van der Waals surface area contributed by atoms with Crippen LogP contribution < -0.4 is 5.84 Å². The third-order valence-electron chi connectivity index (χ3n) is 3.38. The molecule has 0 radical (unpaired) electrons. The molecule has 0 aromatic heterocycles. The molecule has 0 amide bonds. The predicted octanol–water partition coefficient (Wildman–Crippen LogP) is 2.33. The Kier molecular flexibility index (Phi) is 3.92. The summed E-state index contributed by atoms with van der Waals surface area (Å²) in [5.41, 5.74) is 1.17. The number of nitrogens with zero attached hydrogens (tertiary/aromatic N) is 2. The van der Waals surface area contributed by atoms with Crippen molar-refractivity contribution < 1.29 is 4.59 Å². The topological polar surface area (TPSA) is 38.4 Å². The predicted molar refractivity (Wildman–Crippen MR) is 71.6 cm³/mol. The van der Waals surface area contributed by atoms with Crippen LogP contribution in [0.1, 0.15) is 31.7 Å². The Morgan fingerprint density at radius 2 is 2.00 bits per heavy atom. The second-order valence-electron chi connectivity index (χ2n) is 4.76. The van der Waals surface area contributed by atoms with Crippen molar-refractivity contribution in [3.63, 3.8) is 0 Å². The van der Waals surface area contributed by atoms with Crippen LogP contribution in [0, 0.1) is 0 Å². The Morgan fingerprint density at radius 1 is 1.24 bits per heavy atom. The van der Waals surface area contributed by atoms with Crippen molar-refractivity contribution in [2.45, 2.75) is 26.2 Å². The molecule has 0 aliphatic carbocycles. The first-order chi connectivity index (χ1) is 8.26. The molecule has 1 atom stereocenters. The van der Waals surface area contributed by atoms with Crippen molar-refractivity contribution in [2.75, 3.05) is 19.6 Å². The summed E-state index contributed by atoms with van der Waals surface area (Å²) in [5, 5.41) is 0. The molecule has 1 unspecified atom stereocenters. The minimum atomic E-state index is 0.518. The Hall–Kier alpha value is -1.19. The molecule has 3 heteroatoms. The van der Waals surface area contributed by atoms with Crippen LogP contribution in [0.25, 0.3) is 0 Å². The molecule has 2 N–H and O–H groups in total. The molecule has 1 aliphatic rings. The lowest BCUT2D eigenvalue weighted by molar-refractivity contribution is -0.846. The van der Waals surface area contributed by atoms with Gasteiger partial charge in [0, 0.05) is 0 Å². The van der Waals surface area contributed by atoms with Crippen LogP contribution in [-0.4, -0.2) is 30.1 Å². The van der Waals surface area contributed by atoms with Gasteiger partial charge in [-0.25, -0.2) is 4.99 Å². The summed E-state index contributed by atoms with van der Waals surface area (Å²) in [7, 11) is 0. The summed E-state index contributed by atoms with van der Waals surface area (Å²) in [5.74, 6) is 7.54. The molecular weight excluding hydrogens is 210 g/mol. The zero-order valence-corrected chi connectivity index (χ0v) is 10.6. The van der Waals surface area contributed by atoms with E-state index >= 15 is 0 Å². The first-order valence-electron chi connectivity index (χ1n) is 6.52. The molecule has 3 nitrogen and oxygen atoms in total. The largest absolute Gasteiger partial charge is 0.249 e. The van der Waals surface area contributed by atoms with Crippen LogP contribution in [0.4, 0.5) is 0 Å². The highest BCUT2D eigenvalue weighted by Crippen LogP contribution is 2.17. The molecule has 0 spiro atoms. The number of rotatable bonds is 5. The van der Waals surface area contributed by atoms with Crippen molar-refractivity contribution >= 4 is 5.84 Å². The second-order valence-corrected chi connectivity index (χ2v) is 4.76. The first kappa shape index (κ1) is 12.3. The lowest BCUT2D eigenvalue weighted by Crippen LogP contribution is -2.57. The second kappa shape index (κ2) is 5.43. The highest BCUT2D eigenvalue weighted by Gasteiger charge is 2.35. The van der Waals surface area contributed by atoms with E-state index in [1.165, 1.54) is 24.8 Å². The SMILES string of the molecule is CCCCC[N+]1(N)CCN=C1c1ccccc1. The van der Waals surface area contributed by atoms with E-state index in [9.17, 15) is 0 Å². The summed E-state index contributed by atoms with van der Waals surface area (Å²) in [4.78, 5) is 4.60. The fraction of sp³-hybridized carbons (Fsp3) is 0.500. The zero-order chi connectivity index (χ0) is 12.1. The highest BCUT2D eigenvalue weighted by atomic mass is 15.6.